The van der Waals surface area contributed by atoms with Crippen molar-refractivity contribution in [3.63, 3.8) is 0 Å². The van der Waals surface area contributed by atoms with Crippen molar-refractivity contribution in [1.29, 1.82) is 0 Å². The van der Waals surface area contributed by atoms with Gasteiger partial charge < -0.3 is 10.2 Å². The zero-order valence-electron chi connectivity index (χ0n) is 13.5. The van der Waals surface area contributed by atoms with Gasteiger partial charge in [0, 0.05) is 34.9 Å². The Hall–Kier alpha value is -2.33. The van der Waals surface area contributed by atoms with E-state index in [9.17, 15) is 9.59 Å². The molecule has 24 heavy (non-hydrogen) atoms. The molecule has 0 aromatic heterocycles. The molecule has 0 radical (unpaired) electrons. The molecule has 0 saturated carbocycles. The minimum atomic E-state index is -0.199. The van der Waals surface area contributed by atoms with Crippen molar-refractivity contribution in [2.24, 2.45) is 0 Å². The lowest BCUT2D eigenvalue weighted by atomic mass is 10.0. The van der Waals surface area contributed by atoms with Crippen LogP contribution in [0, 0.1) is 0 Å². The number of aryl methyl sites for hydroxylation is 1. The summed E-state index contributed by atoms with van der Waals surface area (Å²) in [6, 6.07) is 12.5. The number of halogens is 1. The molecule has 2 aromatic carbocycles. The number of anilines is 2. The Bertz CT molecular complexity index is 789. The fourth-order valence-corrected chi connectivity index (χ4v) is 3.15. The average molecular weight is 343 g/mol. The van der Waals surface area contributed by atoms with E-state index >= 15 is 0 Å². The minimum Gasteiger partial charge on any atom is -0.322 e. The van der Waals surface area contributed by atoms with Gasteiger partial charge in [-0.1, -0.05) is 24.6 Å². The van der Waals surface area contributed by atoms with Crippen molar-refractivity contribution in [2.45, 2.75) is 26.2 Å². The van der Waals surface area contributed by atoms with Crippen molar-refractivity contribution in [2.75, 3.05) is 16.8 Å². The van der Waals surface area contributed by atoms with E-state index in [2.05, 4.69) is 5.32 Å². The first kappa shape index (κ1) is 16.5. The molecule has 2 aromatic rings. The molecule has 4 nitrogen and oxygen atoms in total. The van der Waals surface area contributed by atoms with Gasteiger partial charge in [0.25, 0.3) is 5.91 Å². The SMILES string of the molecule is CCC(=O)N1CCCc2cc(NC(=O)c3cccc(Cl)c3)ccc21. The zero-order valence-corrected chi connectivity index (χ0v) is 14.3. The van der Waals surface area contributed by atoms with Gasteiger partial charge in [-0.25, -0.2) is 0 Å². The lowest BCUT2D eigenvalue weighted by molar-refractivity contribution is -0.118. The number of hydrogen-bond donors (Lipinski definition) is 1. The number of hydrogen-bond acceptors (Lipinski definition) is 2. The second-order valence-electron chi connectivity index (χ2n) is 5.81. The van der Waals surface area contributed by atoms with Crippen LogP contribution in [0.15, 0.2) is 42.5 Å². The third kappa shape index (κ3) is 3.44. The van der Waals surface area contributed by atoms with Crippen LogP contribution in [0.4, 0.5) is 11.4 Å². The maximum Gasteiger partial charge on any atom is 0.255 e. The standard InChI is InChI=1S/C19H19ClN2O2/c1-2-18(23)22-10-4-6-13-12-16(8-9-17(13)22)21-19(24)14-5-3-7-15(20)11-14/h3,5,7-9,11-12H,2,4,6,10H2,1H3,(H,21,24). The van der Waals surface area contributed by atoms with Crippen LogP contribution in [0.1, 0.15) is 35.7 Å². The summed E-state index contributed by atoms with van der Waals surface area (Å²) in [4.78, 5) is 26.2. The van der Waals surface area contributed by atoms with E-state index in [1.54, 1.807) is 24.3 Å². The second-order valence-corrected chi connectivity index (χ2v) is 6.25. The van der Waals surface area contributed by atoms with Crippen LogP contribution in [-0.2, 0) is 11.2 Å². The molecule has 1 heterocycles. The smallest absolute Gasteiger partial charge is 0.255 e. The molecular formula is C19H19ClN2O2. The number of amides is 2. The van der Waals surface area contributed by atoms with E-state index in [0.717, 1.165) is 36.3 Å². The lowest BCUT2D eigenvalue weighted by Crippen LogP contribution is -2.34. The maximum atomic E-state index is 12.3. The van der Waals surface area contributed by atoms with Crippen molar-refractivity contribution >= 4 is 34.8 Å². The Morgan fingerprint density at radius 2 is 2.04 bits per heavy atom. The van der Waals surface area contributed by atoms with Gasteiger partial charge in [0.15, 0.2) is 0 Å². The van der Waals surface area contributed by atoms with Crippen LogP contribution in [0.5, 0.6) is 0 Å². The van der Waals surface area contributed by atoms with Crippen molar-refractivity contribution < 1.29 is 9.59 Å². The molecule has 1 aliphatic rings. The predicted molar refractivity (Wildman–Crippen MR) is 96.8 cm³/mol. The zero-order chi connectivity index (χ0) is 17.1. The Kier molecular flexibility index (Phi) is 4.86. The van der Waals surface area contributed by atoms with Crippen molar-refractivity contribution in [3.8, 4) is 0 Å². The first-order chi connectivity index (χ1) is 11.6. The molecule has 0 unspecified atom stereocenters. The molecule has 0 aliphatic carbocycles. The summed E-state index contributed by atoms with van der Waals surface area (Å²) in [5.41, 5.74) is 3.29. The highest BCUT2D eigenvalue weighted by Crippen LogP contribution is 2.30. The van der Waals surface area contributed by atoms with Crippen LogP contribution >= 0.6 is 11.6 Å². The summed E-state index contributed by atoms with van der Waals surface area (Å²) < 4.78 is 0. The van der Waals surface area contributed by atoms with E-state index in [4.69, 9.17) is 11.6 Å². The molecule has 0 atom stereocenters. The van der Waals surface area contributed by atoms with Crippen LogP contribution < -0.4 is 10.2 Å². The molecule has 1 N–H and O–H groups in total. The number of carbonyl (C=O) groups is 2. The largest absolute Gasteiger partial charge is 0.322 e. The highest BCUT2D eigenvalue weighted by Gasteiger charge is 2.21. The van der Waals surface area contributed by atoms with E-state index in [0.29, 0.717) is 17.0 Å². The molecule has 0 spiro atoms. The summed E-state index contributed by atoms with van der Waals surface area (Å²) in [6.07, 6.45) is 2.33. The molecule has 5 heteroatoms. The minimum absolute atomic E-state index is 0.131. The normalized spacial score (nSPS) is 13.3. The Morgan fingerprint density at radius 3 is 2.79 bits per heavy atom. The summed E-state index contributed by atoms with van der Waals surface area (Å²) in [5.74, 6) is -0.0681. The molecule has 0 saturated heterocycles. The Morgan fingerprint density at radius 1 is 1.21 bits per heavy atom. The van der Waals surface area contributed by atoms with Crippen LogP contribution in [0.2, 0.25) is 5.02 Å². The van der Waals surface area contributed by atoms with Crippen molar-refractivity contribution in [1.82, 2.24) is 0 Å². The molecule has 2 amide bonds. The van der Waals surface area contributed by atoms with E-state index in [1.165, 1.54) is 0 Å². The molecule has 0 fully saturated rings. The summed E-state index contributed by atoms with van der Waals surface area (Å²) in [5, 5.41) is 3.42. The summed E-state index contributed by atoms with van der Waals surface area (Å²) in [7, 11) is 0. The molecule has 3 rings (SSSR count). The Labute approximate surface area is 146 Å². The van der Waals surface area contributed by atoms with Crippen LogP contribution in [-0.4, -0.2) is 18.4 Å². The number of benzene rings is 2. The number of fused-ring (bicyclic) bond motifs is 1. The van der Waals surface area contributed by atoms with Gasteiger partial charge in [-0.15, -0.1) is 0 Å². The molecular weight excluding hydrogens is 324 g/mol. The van der Waals surface area contributed by atoms with Gasteiger partial charge in [0.2, 0.25) is 5.91 Å². The van der Waals surface area contributed by atoms with Crippen LogP contribution in [0.3, 0.4) is 0 Å². The fraction of sp³-hybridized carbons (Fsp3) is 0.263. The van der Waals surface area contributed by atoms with E-state index in [-0.39, 0.29) is 11.8 Å². The predicted octanol–water partition coefficient (Wildman–Crippen LogP) is 4.28. The van der Waals surface area contributed by atoms with E-state index < -0.39 is 0 Å². The van der Waals surface area contributed by atoms with Gasteiger partial charge in [-0.05, 0) is 54.8 Å². The molecule has 124 valence electrons. The first-order valence-electron chi connectivity index (χ1n) is 8.08. The van der Waals surface area contributed by atoms with Gasteiger partial charge in [-0.3, -0.25) is 9.59 Å². The highest BCUT2D eigenvalue weighted by atomic mass is 35.5. The van der Waals surface area contributed by atoms with Gasteiger partial charge in [0.1, 0.15) is 0 Å². The van der Waals surface area contributed by atoms with Crippen molar-refractivity contribution in [3.05, 3.63) is 58.6 Å². The average Bonchev–Trinajstić information content (AvgIpc) is 2.60. The molecule has 0 bridgehead atoms. The monoisotopic (exact) mass is 342 g/mol. The number of carbonyl (C=O) groups excluding carboxylic acids is 2. The third-order valence-electron chi connectivity index (χ3n) is 4.15. The second kappa shape index (κ2) is 7.05. The summed E-state index contributed by atoms with van der Waals surface area (Å²) >= 11 is 5.93. The third-order valence-corrected chi connectivity index (χ3v) is 4.38. The quantitative estimate of drug-likeness (QED) is 0.905. The highest BCUT2D eigenvalue weighted by molar-refractivity contribution is 6.31. The fourth-order valence-electron chi connectivity index (χ4n) is 2.96. The first-order valence-corrected chi connectivity index (χ1v) is 8.46. The number of nitrogens with zero attached hydrogens (tertiary/aromatic N) is 1. The Balaban J connectivity index is 1.81. The number of nitrogens with one attached hydrogen (secondary N) is 1. The van der Waals surface area contributed by atoms with Gasteiger partial charge >= 0.3 is 0 Å². The van der Waals surface area contributed by atoms with Gasteiger partial charge in [0.05, 0.1) is 0 Å². The van der Waals surface area contributed by atoms with Crippen LogP contribution in [0.25, 0.3) is 0 Å². The molecule has 1 aliphatic heterocycles. The van der Waals surface area contributed by atoms with Gasteiger partial charge in [-0.2, -0.15) is 0 Å². The summed E-state index contributed by atoms with van der Waals surface area (Å²) in [6.45, 7) is 2.63. The van der Waals surface area contributed by atoms with E-state index in [1.807, 2.05) is 30.0 Å². The number of rotatable bonds is 3. The lowest BCUT2D eigenvalue weighted by Gasteiger charge is -2.29. The topological polar surface area (TPSA) is 49.4 Å². The maximum absolute atomic E-state index is 12.3.